The summed E-state index contributed by atoms with van der Waals surface area (Å²) in [6, 6.07) is 55.8. The topological polar surface area (TPSA) is 43.6 Å². The standard InChI is InChI=1S/C45H28N4S/c1-2-11-30(12-3-1)45-47-38(28-39(48-45)36-16-10-20-43-44(36)37-15-6-9-19-42(37)50-43)32-25-31(29-21-23-46-24-22-29)26-33(27-32)49-40-17-7-4-13-34(40)35-14-5-8-18-41(35)49/h1-28H. The van der Waals surface area contributed by atoms with Gasteiger partial charge in [-0.15, -0.1) is 11.3 Å². The van der Waals surface area contributed by atoms with Crippen LogP contribution in [-0.4, -0.2) is 19.5 Å². The number of aromatic nitrogens is 4. The predicted molar refractivity (Wildman–Crippen MR) is 209 cm³/mol. The Kier molecular flexibility index (Phi) is 6.64. The molecule has 234 valence electrons. The highest BCUT2D eigenvalue weighted by Gasteiger charge is 2.18. The number of hydrogen-bond acceptors (Lipinski definition) is 4. The lowest BCUT2D eigenvalue weighted by Gasteiger charge is -2.15. The van der Waals surface area contributed by atoms with Gasteiger partial charge < -0.3 is 4.57 Å². The number of benzene rings is 6. The van der Waals surface area contributed by atoms with Crippen LogP contribution in [0.4, 0.5) is 0 Å². The lowest BCUT2D eigenvalue weighted by Crippen LogP contribution is -1.99. The Balaban J connectivity index is 1.27. The molecule has 50 heavy (non-hydrogen) atoms. The van der Waals surface area contributed by atoms with Gasteiger partial charge >= 0.3 is 0 Å². The second kappa shape index (κ2) is 11.6. The van der Waals surface area contributed by atoms with Crippen molar-refractivity contribution in [1.82, 2.24) is 19.5 Å². The summed E-state index contributed by atoms with van der Waals surface area (Å²) in [6.07, 6.45) is 3.70. The SMILES string of the molecule is c1ccc(-c2nc(-c3cc(-c4ccncc4)cc(-n4c5ccccc5c5ccccc54)c3)cc(-c3cccc4sc5ccccc5c34)n2)cc1. The monoisotopic (exact) mass is 656 g/mol. The Morgan fingerprint density at radius 1 is 0.440 bits per heavy atom. The fourth-order valence-electron chi connectivity index (χ4n) is 7.24. The van der Waals surface area contributed by atoms with E-state index >= 15 is 0 Å². The highest BCUT2D eigenvalue weighted by atomic mass is 32.1. The number of rotatable bonds is 5. The Morgan fingerprint density at radius 2 is 1.08 bits per heavy atom. The van der Waals surface area contributed by atoms with Crippen LogP contribution in [0.5, 0.6) is 0 Å². The van der Waals surface area contributed by atoms with Gasteiger partial charge in [0.25, 0.3) is 0 Å². The van der Waals surface area contributed by atoms with E-state index < -0.39 is 0 Å². The summed E-state index contributed by atoms with van der Waals surface area (Å²) in [7, 11) is 0. The first-order valence-electron chi connectivity index (χ1n) is 16.7. The lowest BCUT2D eigenvalue weighted by atomic mass is 9.98. The molecule has 6 aromatic carbocycles. The molecule has 0 atom stereocenters. The van der Waals surface area contributed by atoms with E-state index in [-0.39, 0.29) is 0 Å². The molecule has 4 heterocycles. The maximum atomic E-state index is 5.28. The van der Waals surface area contributed by atoms with Crippen molar-refractivity contribution in [3.63, 3.8) is 0 Å². The molecule has 0 saturated heterocycles. The Bertz CT molecular complexity index is 2820. The molecule has 10 rings (SSSR count). The third-order valence-electron chi connectivity index (χ3n) is 9.50. The normalized spacial score (nSPS) is 11.6. The molecule has 0 N–H and O–H groups in total. The lowest BCUT2D eigenvalue weighted by molar-refractivity contribution is 1.17. The minimum Gasteiger partial charge on any atom is -0.309 e. The first-order valence-corrected chi connectivity index (χ1v) is 17.5. The summed E-state index contributed by atoms with van der Waals surface area (Å²) in [6.45, 7) is 0. The van der Waals surface area contributed by atoms with E-state index in [1.165, 1.54) is 30.9 Å². The summed E-state index contributed by atoms with van der Waals surface area (Å²) in [5.74, 6) is 0.697. The van der Waals surface area contributed by atoms with Crippen molar-refractivity contribution >= 4 is 53.3 Å². The summed E-state index contributed by atoms with van der Waals surface area (Å²) in [5.41, 5.74) is 10.4. The quantitative estimate of drug-likeness (QED) is 0.185. The van der Waals surface area contributed by atoms with E-state index in [0.717, 1.165) is 55.9 Å². The molecule has 0 unspecified atom stereocenters. The van der Waals surface area contributed by atoms with Gasteiger partial charge in [-0.1, -0.05) is 97.1 Å². The van der Waals surface area contributed by atoms with Crippen LogP contribution in [0.2, 0.25) is 0 Å². The molecular formula is C45H28N4S. The van der Waals surface area contributed by atoms with Gasteiger partial charge in [0.05, 0.1) is 22.4 Å². The van der Waals surface area contributed by atoms with Crippen LogP contribution in [0, 0.1) is 0 Å². The van der Waals surface area contributed by atoms with Gasteiger partial charge in [0.2, 0.25) is 0 Å². The minimum absolute atomic E-state index is 0.697. The average Bonchev–Trinajstić information content (AvgIpc) is 3.74. The summed E-state index contributed by atoms with van der Waals surface area (Å²) < 4.78 is 4.89. The second-order valence-electron chi connectivity index (χ2n) is 12.5. The van der Waals surface area contributed by atoms with Crippen molar-refractivity contribution in [3.05, 3.63) is 170 Å². The highest BCUT2D eigenvalue weighted by molar-refractivity contribution is 7.25. The third kappa shape index (κ3) is 4.71. The van der Waals surface area contributed by atoms with Gasteiger partial charge in [-0.05, 0) is 71.8 Å². The fraction of sp³-hybridized carbons (Fsp3) is 0. The van der Waals surface area contributed by atoms with Crippen LogP contribution in [-0.2, 0) is 0 Å². The maximum absolute atomic E-state index is 5.28. The molecule has 4 nitrogen and oxygen atoms in total. The third-order valence-corrected chi connectivity index (χ3v) is 10.6. The van der Waals surface area contributed by atoms with Crippen LogP contribution in [0.25, 0.3) is 92.7 Å². The molecule has 0 aliphatic heterocycles. The summed E-state index contributed by atoms with van der Waals surface area (Å²) >= 11 is 1.82. The smallest absolute Gasteiger partial charge is 0.160 e. The number of fused-ring (bicyclic) bond motifs is 6. The summed E-state index contributed by atoms with van der Waals surface area (Å²) in [5, 5.41) is 4.93. The van der Waals surface area contributed by atoms with Crippen molar-refractivity contribution in [1.29, 1.82) is 0 Å². The van der Waals surface area contributed by atoms with Crippen LogP contribution in [0.15, 0.2) is 170 Å². The molecule has 10 aromatic rings. The van der Waals surface area contributed by atoms with Crippen molar-refractivity contribution in [2.45, 2.75) is 0 Å². The number of para-hydroxylation sites is 2. The van der Waals surface area contributed by atoms with Gasteiger partial charge in [-0.2, -0.15) is 0 Å². The Morgan fingerprint density at radius 3 is 1.86 bits per heavy atom. The second-order valence-corrected chi connectivity index (χ2v) is 13.6. The van der Waals surface area contributed by atoms with Gasteiger partial charge in [0.15, 0.2) is 5.82 Å². The zero-order valence-electron chi connectivity index (χ0n) is 26.9. The Labute approximate surface area is 292 Å². The molecule has 0 spiro atoms. The number of thiophene rings is 1. The van der Waals surface area contributed by atoms with Crippen LogP contribution >= 0.6 is 11.3 Å². The molecule has 0 amide bonds. The van der Waals surface area contributed by atoms with Crippen molar-refractivity contribution in [2.24, 2.45) is 0 Å². The van der Waals surface area contributed by atoms with E-state index in [4.69, 9.17) is 9.97 Å². The first-order chi connectivity index (χ1) is 24.8. The van der Waals surface area contributed by atoms with E-state index in [1.807, 2.05) is 41.9 Å². The predicted octanol–water partition coefficient (Wildman–Crippen LogP) is 12.0. The molecular weight excluding hydrogens is 629 g/mol. The molecule has 0 aliphatic rings. The largest absolute Gasteiger partial charge is 0.309 e. The molecule has 0 saturated carbocycles. The Hall–Kier alpha value is -6.43. The average molecular weight is 657 g/mol. The molecule has 0 bridgehead atoms. The summed E-state index contributed by atoms with van der Waals surface area (Å²) in [4.78, 5) is 14.8. The van der Waals surface area contributed by atoms with Crippen molar-refractivity contribution in [2.75, 3.05) is 0 Å². The maximum Gasteiger partial charge on any atom is 0.160 e. The van der Waals surface area contributed by atoms with Crippen LogP contribution < -0.4 is 0 Å². The van der Waals surface area contributed by atoms with Gasteiger partial charge in [0.1, 0.15) is 0 Å². The first kappa shape index (κ1) is 28.6. The number of pyridine rings is 1. The van der Waals surface area contributed by atoms with Crippen LogP contribution in [0.1, 0.15) is 0 Å². The van der Waals surface area contributed by atoms with Crippen molar-refractivity contribution in [3.8, 4) is 50.7 Å². The van der Waals surface area contributed by atoms with E-state index in [2.05, 4.69) is 149 Å². The highest BCUT2D eigenvalue weighted by Crippen LogP contribution is 2.41. The molecule has 0 aliphatic carbocycles. The molecule has 0 radical (unpaired) electrons. The molecule has 0 fully saturated rings. The molecule has 4 aromatic heterocycles. The van der Waals surface area contributed by atoms with Crippen molar-refractivity contribution < 1.29 is 0 Å². The number of nitrogens with zero attached hydrogens (tertiary/aromatic N) is 4. The number of hydrogen-bond donors (Lipinski definition) is 0. The van der Waals surface area contributed by atoms with Gasteiger partial charge in [0, 0.05) is 65.7 Å². The van der Waals surface area contributed by atoms with Crippen LogP contribution in [0.3, 0.4) is 0 Å². The molecule has 5 heteroatoms. The van der Waals surface area contributed by atoms with E-state index in [1.54, 1.807) is 0 Å². The minimum atomic E-state index is 0.697. The van der Waals surface area contributed by atoms with Gasteiger partial charge in [-0.3, -0.25) is 4.98 Å². The van der Waals surface area contributed by atoms with E-state index in [0.29, 0.717) is 5.82 Å². The van der Waals surface area contributed by atoms with Gasteiger partial charge in [-0.25, -0.2) is 9.97 Å². The van der Waals surface area contributed by atoms with E-state index in [9.17, 15) is 0 Å². The zero-order valence-corrected chi connectivity index (χ0v) is 27.7. The fourth-order valence-corrected chi connectivity index (χ4v) is 8.37. The zero-order chi connectivity index (χ0) is 33.0.